The van der Waals surface area contributed by atoms with Crippen molar-refractivity contribution in [2.24, 2.45) is 64.1 Å². The molecule has 1 aromatic carbocycles. The Bertz CT molecular complexity index is 1750. The molecule has 1 aliphatic heterocycles. The van der Waals surface area contributed by atoms with Crippen LogP contribution in [0.3, 0.4) is 0 Å². The summed E-state index contributed by atoms with van der Waals surface area (Å²) in [6, 6.07) is 7.66. The van der Waals surface area contributed by atoms with E-state index in [2.05, 4.69) is 12.2 Å². The molecule has 17 atom stereocenters. The van der Waals surface area contributed by atoms with Crippen molar-refractivity contribution >= 4 is 12.3 Å². The summed E-state index contributed by atoms with van der Waals surface area (Å²) >= 11 is 0. The fraction of sp³-hybridized carbons (Fsp3) is 0.783. The van der Waals surface area contributed by atoms with Gasteiger partial charge in [-0.05, 0) is 118 Å². The first-order valence-electron chi connectivity index (χ1n) is 22.0. The number of rotatable bonds is 8. The molecule has 0 amide bonds. The zero-order chi connectivity index (χ0) is 39.6. The molecule has 56 heavy (non-hydrogen) atoms. The van der Waals surface area contributed by atoms with Crippen LogP contribution in [0.1, 0.15) is 108 Å². The monoisotopic (exact) mass is 775 g/mol. The number of aliphatic hydroxyl groups is 6. The Morgan fingerprint density at radius 3 is 2.36 bits per heavy atom. The molecule has 8 aliphatic rings. The van der Waals surface area contributed by atoms with Gasteiger partial charge in [0.1, 0.15) is 23.6 Å². The third-order valence-corrected chi connectivity index (χ3v) is 18.8. The lowest BCUT2D eigenvalue weighted by Gasteiger charge is -2.72. The Morgan fingerprint density at radius 1 is 0.929 bits per heavy atom. The fourth-order valence-electron chi connectivity index (χ4n) is 16.1. The predicted octanol–water partition coefficient (Wildman–Crippen LogP) is 4.00. The van der Waals surface area contributed by atoms with E-state index < -0.39 is 69.7 Å². The summed E-state index contributed by atoms with van der Waals surface area (Å²) < 4.78 is 6.13. The summed E-state index contributed by atoms with van der Waals surface area (Å²) in [5.41, 5.74) is -5.48. The van der Waals surface area contributed by atoms with Gasteiger partial charge in [-0.15, -0.1) is 0 Å². The van der Waals surface area contributed by atoms with E-state index >= 15 is 0 Å². The van der Waals surface area contributed by atoms with Crippen molar-refractivity contribution in [1.29, 1.82) is 0 Å². The van der Waals surface area contributed by atoms with Crippen molar-refractivity contribution in [3.05, 3.63) is 47.0 Å². The maximum absolute atomic E-state index is 14.0. The van der Waals surface area contributed by atoms with Gasteiger partial charge in [0.2, 0.25) is 0 Å². The summed E-state index contributed by atoms with van der Waals surface area (Å²) in [4.78, 5) is 27.2. The number of nitrogens with one attached hydrogen (secondary N) is 1. The third-order valence-electron chi connectivity index (χ3n) is 18.8. The second-order valence-electron chi connectivity index (χ2n) is 20.3. The highest BCUT2D eigenvalue weighted by Gasteiger charge is 2.84. The van der Waals surface area contributed by atoms with Gasteiger partial charge >= 0.3 is 5.97 Å². The van der Waals surface area contributed by atoms with Crippen molar-refractivity contribution in [3.8, 4) is 0 Å². The van der Waals surface area contributed by atoms with E-state index in [9.17, 15) is 40.2 Å². The van der Waals surface area contributed by atoms with E-state index in [1.54, 1.807) is 6.08 Å². The van der Waals surface area contributed by atoms with Crippen molar-refractivity contribution in [2.45, 2.75) is 152 Å². The van der Waals surface area contributed by atoms with Gasteiger partial charge in [0, 0.05) is 41.2 Å². The molecule has 9 rings (SSSR count). The smallest absolute Gasteiger partial charge is 0.331 e. The van der Waals surface area contributed by atoms with E-state index in [0.29, 0.717) is 56.8 Å². The summed E-state index contributed by atoms with van der Waals surface area (Å²) in [5.74, 6) is -2.53. The molecule has 10 nitrogen and oxygen atoms in total. The lowest BCUT2D eigenvalue weighted by atomic mass is 9.35. The average Bonchev–Trinajstić information content (AvgIpc) is 3.89. The van der Waals surface area contributed by atoms with Crippen LogP contribution in [0.2, 0.25) is 0 Å². The Hall–Kier alpha value is -2.18. The number of carbonyl (C=O) groups excluding carboxylic acids is 2. The van der Waals surface area contributed by atoms with Crippen molar-refractivity contribution in [2.75, 3.05) is 7.05 Å². The van der Waals surface area contributed by atoms with Crippen LogP contribution in [-0.2, 0) is 27.4 Å². The number of hydrogen-bond acceptors (Lipinski definition) is 10. The van der Waals surface area contributed by atoms with Crippen molar-refractivity contribution in [3.63, 3.8) is 0 Å². The van der Waals surface area contributed by atoms with Gasteiger partial charge in [-0.2, -0.15) is 0 Å². The number of likely N-dealkylation sites (N-methyl/N-ethyl adjacent to an activating group) is 1. The van der Waals surface area contributed by atoms with E-state index in [1.165, 1.54) is 12.8 Å². The highest BCUT2D eigenvalue weighted by molar-refractivity contribution is 5.86. The quantitative estimate of drug-likeness (QED) is 0.151. The Labute approximate surface area is 331 Å². The average molecular weight is 776 g/mol. The molecule has 0 bridgehead atoms. The van der Waals surface area contributed by atoms with Crippen LogP contribution in [-0.4, -0.2) is 91.1 Å². The third kappa shape index (κ3) is 4.99. The summed E-state index contributed by atoms with van der Waals surface area (Å²) in [7, 11) is 1.90. The predicted molar refractivity (Wildman–Crippen MR) is 207 cm³/mol. The zero-order valence-corrected chi connectivity index (χ0v) is 33.5. The topological polar surface area (TPSA) is 177 Å². The minimum absolute atomic E-state index is 0.0860. The lowest BCUT2D eigenvalue weighted by molar-refractivity contribution is -0.373. The molecule has 308 valence electrons. The van der Waals surface area contributed by atoms with Crippen LogP contribution in [0.15, 0.2) is 35.9 Å². The summed E-state index contributed by atoms with van der Waals surface area (Å²) in [6.45, 7) is 4.21. The van der Waals surface area contributed by atoms with E-state index in [-0.39, 0.29) is 49.2 Å². The molecule has 7 aliphatic carbocycles. The molecule has 7 saturated carbocycles. The standard InChI is InChI=1S/C46H65NO9/c1-25(26-8-4-5-9-26)27-12-13-33-36(50)14-17-43(24-49)37-15-16-42(2)39-30(22-44(42,53)46(37,55)41(52)34(19-27)45(33,43)54)18-31(40-32(39)21-38(51)56-40)35(47-3)20-28-10-6-7-11-29(28)23-48/h6-7,10-11,21,24-27,30-31,33-37,39-41,47-48,50,52-55H,4-5,8-9,12-20,22-23H2,1-3H3. The Kier molecular flexibility index (Phi) is 9.60. The van der Waals surface area contributed by atoms with Crippen LogP contribution in [0.25, 0.3) is 0 Å². The number of carbonyl (C=O) groups is 2. The molecule has 0 aromatic heterocycles. The van der Waals surface area contributed by atoms with E-state index in [1.807, 2.05) is 38.2 Å². The van der Waals surface area contributed by atoms with Gasteiger partial charge in [0.15, 0.2) is 0 Å². The van der Waals surface area contributed by atoms with E-state index in [0.717, 1.165) is 42.2 Å². The number of ether oxygens (including phenoxy) is 1. The van der Waals surface area contributed by atoms with E-state index in [4.69, 9.17) is 4.74 Å². The first-order chi connectivity index (χ1) is 26.7. The Morgan fingerprint density at radius 2 is 1.66 bits per heavy atom. The van der Waals surface area contributed by atoms with Crippen molar-refractivity contribution < 1.29 is 45.0 Å². The number of benzene rings is 1. The number of esters is 1. The number of fused-ring (bicyclic) bond motifs is 8. The van der Waals surface area contributed by atoms with Crippen LogP contribution in [0, 0.1) is 64.1 Å². The second-order valence-corrected chi connectivity index (χ2v) is 20.3. The van der Waals surface area contributed by atoms with Gasteiger partial charge in [-0.1, -0.05) is 63.8 Å². The molecule has 7 fully saturated rings. The molecule has 0 radical (unpaired) electrons. The molecular weight excluding hydrogens is 711 g/mol. The second kappa shape index (κ2) is 13.7. The van der Waals surface area contributed by atoms with Gasteiger partial charge in [-0.25, -0.2) is 4.79 Å². The number of aliphatic hydroxyl groups excluding tert-OH is 3. The van der Waals surface area contributed by atoms with Gasteiger partial charge in [0.25, 0.3) is 0 Å². The molecule has 1 aromatic rings. The molecular formula is C46H65NO9. The molecule has 0 spiro atoms. The molecule has 7 N–H and O–H groups in total. The fourth-order valence-corrected chi connectivity index (χ4v) is 16.1. The van der Waals surface area contributed by atoms with Gasteiger partial charge < -0.3 is 45.5 Å². The molecule has 1 heterocycles. The first kappa shape index (κ1) is 39.3. The van der Waals surface area contributed by atoms with Crippen molar-refractivity contribution in [1.82, 2.24) is 5.32 Å². The molecule has 10 heteroatoms. The van der Waals surface area contributed by atoms with Gasteiger partial charge in [0.05, 0.1) is 29.8 Å². The maximum atomic E-state index is 14.0. The first-order valence-corrected chi connectivity index (χ1v) is 22.0. The molecule has 0 saturated heterocycles. The van der Waals surface area contributed by atoms with Crippen LogP contribution >= 0.6 is 0 Å². The highest BCUT2D eigenvalue weighted by atomic mass is 16.5. The highest BCUT2D eigenvalue weighted by Crippen LogP contribution is 2.76. The maximum Gasteiger partial charge on any atom is 0.331 e. The summed E-state index contributed by atoms with van der Waals surface area (Å²) in [6.07, 6.45) is 8.59. The Balaban J connectivity index is 1.13. The number of hydrogen-bond donors (Lipinski definition) is 7. The van der Waals surface area contributed by atoms with Gasteiger partial charge in [-0.3, -0.25) is 0 Å². The molecule has 17 unspecified atom stereocenters. The lowest BCUT2D eigenvalue weighted by Crippen LogP contribution is -2.85. The normalized spacial score (nSPS) is 49.3. The minimum atomic E-state index is -2.13. The van der Waals surface area contributed by atoms with Crippen LogP contribution in [0.5, 0.6) is 0 Å². The SMILES string of the molecule is CNC(Cc1ccccc1CO)C1CC2CC3(O)C(C)(CCC4C5(C=O)CCC(O)C6CCC(C(C)C7CCCC7)CC(C(O)C43O)C65O)C2C2=CC(=O)OC21. The largest absolute Gasteiger partial charge is 0.454 e. The zero-order valence-electron chi connectivity index (χ0n) is 33.5. The number of aldehydes is 1. The van der Waals surface area contributed by atoms with Crippen LogP contribution < -0.4 is 5.32 Å². The minimum Gasteiger partial charge on any atom is -0.454 e. The van der Waals surface area contributed by atoms with Crippen LogP contribution in [0.4, 0.5) is 0 Å². The summed E-state index contributed by atoms with van der Waals surface area (Å²) in [5, 5.41) is 79.1.